The number of phosphoric acid groups is 1. The van der Waals surface area contributed by atoms with Crippen LogP contribution in [0.2, 0.25) is 0 Å². The molecule has 0 heterocycles. The summed E-state index contributed by atoms with van der Waals surface area (Å²) in [5, 5.41) is 0. The van der Waals surface area contributed by atoms with Crippen LogP contribution >= 0.6 is 7.82 Å². The molecule has 0 aromatic heterocycles. The molecule has 0 bridgehead atoms. The molecule has 0 aliphatic rings. The van der Waals surface area contributed by atoms with Crippen LogP contribution in [0.3, 0.4) is 0 Å². The number of rotatable bonds is 43. The Kier molecular flexibility index (Phi) is 38.3. The zero-order valence-electron chi connectivity index (χ0n) is 37.4. The number of allylic oxidation sites excluding steroid dienone is 2. The molecule has 0 spiro atoms. The number of nitrogens with zero attached hydrogens (tertiary/aromatic N) is 1. The molecule has 0 radical (unpaired) electrons. The van der Waals surface area contributed by atoms with Crippen LogP contribution in [0.5, 0.6) is 0 Å². The molecule has 1 N–H and O–H groups in total. The maximum atomic E-state index is 12.7. The lowest BCUT2D eigenvalue weighted by molar-refractivity contribution is -0.870. The van der Waals surface area contributed by atoms with Crippen molar-refractivity contribution >= 4 is 19.8 Å². The number of unbranched alkanes of at least 4 members (excludes halogenated alkanes) is 27. The summed E-state index contributed by atoms with van der Waals surface area (Å²) in [6.45, 7) is 4.43. The first-order chi connectivity index (χ1) is 27.0. The highest BCUT2D eigenvalue weighted by atomic mass is 31.2. The minimum Gasteiger partial charge on any atom is -0.462 e. The number of hydrogen-bond acceptors (Lipinski definition) is 7. The van der Waals surface area contributed by atoms with Gasteiger partial charge < -0.3 is 18.9 Å². The van der Waals surface area contributed by atoms with Gasteiger partial charge in [-0.25, -0.2) is 4.57 Å². The number of likely N-dealkylation sites (N-methyl/N-ethyl adjacent to an activating group) is 1. The molecule has 0 aromatic carbocycles. The molecule has 1 unspecified atom stereocenters. The molecule has 9 nitrogen and oxygen atoms in total. The molecule has 2 atom stereocenters. The molecular formula is C46H91NO8P+. The largest absolute Gasteiger partial charge is 0.472 e. The maximum absolute atomic E-state index is 12.7. The van der Waals surface area contributed by atoms with E-state index in [1.165, 1.54) is 141 Å². The van der Waals surface area contributed by atoms with Gasteiger partial charge in [-0.2, -0.15) is 0 Å². The second-order valence-electron chi connectivity index (χ2n) is 17.1. The summed E-state index contributed by atoms with van der Waals surface area (Å²) in [5.74, 6) is -0.806. The lowest BCUT2D eigenvalue weighted by Gasteiger charge is -2.24. The smallest absolute Gasteiger partial charge is 0.462 e. The van der Waals surface area contributed by atoms with Crippen LogP contribution in [0.15, 0.2) is 12.2 Å². The van der Waals surface area contributed by atoms with Gasteiger partial charge in [0.15, 0.2) is 6.10 Å². The molecule has 0 aliphatic heterocycles. The molecule has 0 rings (SSSR count). The SMILES string of the molecule is CCCCCCCC/C=C/CCCCCC(=O)O[C@@H](COC(=O)CCCCCCCCCCCCCCCCCCCCC)COP(=O)(O)OCC[N+](C)(C)C. The molecule has 0 saturated heterocycles. The molecule has 56 heavy (non-hydrogen) atoms. The predicted octanol–water partition coefficient (Wildman–Crippen LogP) is 13.4. The number of carbonyl (C=O) groups excluding carboxylic acids is 2. The van der Waals surface area contributed by atoms with Crippen LogP contribution in [0.25, 0.3) is 0 Å². The van der Waals surface area contributed by atoms with Gasteiger partial charge in [0.1, 0.15) is 19.8 Å². The molecule has 0 aromatic rings. The van der Waals surface area contributed by atoms with Crippen LogP contribution in [-0.2, 0) is 32.7 Å². The number of carbonyl (C=O) groups is 2. The Morgan fingerprint density at radius 3 is 1.34 bits per heavy atom. The topological polar surface area (TPSA) is 108 Å². The van der Waals surface area contributed by atoms with Gasteiger partial charge >= 0.3 is 19.8 Å². The van der Waals surface area contributed by atoms with E-state index >= 15 is 0 Å². The first kappa shape index (κ1) is 54.8. The fourth-order valence-corrected chi connectivity index (χ4v) is 7.34. The third-order valence-electron chi connectivity index (χ3n) is 10.3. The van der Waals surface area contributed by atoms with Gasteiger partial charge in [-0.15, -0.1) is 0 Å². The quantitative estimate of drug-likeness (QED) is 0.0213. The summed E-state index contributed by atoms with van der Waals surface area (Å²) < 4.78 is 34.3. The van der Waals surface area contributed by atoms with Crippen LogP contribution in [0.1, 0.15) is 219 Å². The van der Waals surface area contributed by atoms with Crippen LogP contribution < -0.4 is 0 Å². The Bertz CT molecular complexity index is 969. The van der Waals surface area contributed by atoms with Crippen molar-refractivity contribution in [2.75, 3.05) is 47.5 Å². The van der Waals surface area contributed by atoms with Crippen molar-refractivity contribution < 1.29 is 42.1 Å². The first-order valence-electron chi connectivity index (χ1n) is 23.4. The Labute approximate surface area is 346 Å². The minimum absolute atomic E-state index is 0.0321. The zero-order chi connectivity index (χ0) is 41.4. The van der Waals surface area contributed by atoms with E-state index in [1.807, 2.05) is 21.1 Å². The summed E-state index contributed by atoms with van der Waals surface area (Å²) in [5.41, 5.74) is 0. The Morgan fingerprint density at radius 2 is 0.911 bits per heavy atom. The summed E-state index contributed by atoms with van der Waals surface area (Å²) in [7, 11) is 1.48. The van der Waals surface area contributed by atoms with Crippen molar-refractivity contribution in [2.45, 2.75) is 225 Å². The van der Waals surface area contributed by atoms with E-state index in [4.69, 9.17) is 18.5 Å². The van der Waals surface area contributed by atoms with Gasteiger partial charge in [0, 0.05) is 12.8 Å². The molecule has 10 heteroatoms. The van der Waals surface area contributed by atoms with E-state index < -0.39 is 26.5 Å². The fourth-order valence-electron chi connectivity index (χ4n) is 6.60. The second-order valence-corrected chi connectivity index (χ2v) is 18.6. The van der Waals surface area contributed by atoms with Crippen molar-refractivity contribution in [1.29, 1.82) is 0 Å². The van der Waals surface area contributed by atoms with Gasteiger partial charge in [-0.3, -0.25) is 18.6 Å². The van der Waals surface area contributed by atoms with Gasteiger partial charge in [0.05, 0.1) is 27.7 Å². The molecular weight excluding hydrogens is 725 g/mol. The van der Waals surface area contributed by atoms with E-state index in [-0.39, 0.29) is 25.6 Å². The van der Waals surface area contributed by atoms with E-state index in [0.717, 1.165) is 44.9 Å². The first-order valence-corrected chi connectivity index (χ1v) is 24.9. The summed E-state index contributed by atoms with van der Waals surface area (Å²) in [6, 6.07) is 0. The average Bonchev–Trinajstić information content (AvgIpc) is 3.15. The maximum Gasteiger partial charge on any atom is 0.472 e. The average molecular weight is 817 g/mol. The highest BCUT2D eigenvalue weighted by Crippen LogP contribution is 2.43. The molecule has 332 valence electrons. The molecule has 0 fully saturated rings. The molecule has 0 amide bonds. The molecule has 0 saturated carbocycles. The number of phosphoric ester groups is 1. The van der Waals surface area contributed by atoms with Crippen molar-refractivity contribution in [2.24, 2.45) is 0 Å². The normalized spacial score (nSPS) is 13.6. The standard InChI is InChI=1S/C46H90NO8P/c1-6-8-10-12-14-16-18-20-21-22-23-24-25-27-28-30-32-34-36-38-45(48)52-42-44(43-54-56(50,51)53-41-40-47(3,4)5)55-46(49)39-37-35-33-31-29-26-19-17-15-13-11-9-7-2/h26,29,44H,6-25,27-28,30-43H2,1-5H3/p+1/b29-26+/t44-/m0/s1. The highest BCUT2D eigenvalue weighted by Gasteiger charge is 2.27. The van der Waals surface area contributed by atoms with E-state index in [9.17, 15) is 19.0 Å². The van der Waals surface area contributed by atoms with Crippen molar-refractivity contribution in [3.8, 4) is 0 Å². The van der Waals surface area contributed by atoms with Gasteiger partial charge in [-0.05, 0) is 38.5 Å². The number of hydrogen-bond donors (Lipinski definition) is 1. The van der Waals surface area contributed by atoms with E-state index in [0.29, 0.717) is 23.9 Å². The minimum atomic E-state index is -4.37. The van der Waals surface area contributed by atoms with Crippen molar-refractivity contribution in [3.63, 3.8) is 0 Å². The third kappa shape index (κ3) is 42.4. The van der Waals surface area contributed by atoms with Gasteiger partial charge in [0.25, 0.3) is 0 Å². The Hall–Kier alpha value is -1.25. The Morgan fingerprint density at radius 1 is 0.536 bits per heavy atom. The summed E-state index contributed by atoms with van der Waals surface area (Å²) in [4.78, 5) is 35.4. The predicted molar refractivity (Wildman–Crippen MR) is 234 cm³/mol. The van der Waals surface area contributed by atoms with Crippen molar-refractivity contribution in [1.82, 2.24) is 0 Å². The van der Waals surface area contributed by atoms with Gasteiger partial charge in [-0.1, -0.05) is 180 Å². The number of ether oxygens (including phenoxy) is 2. The number of esters is 2. The van der Waals surface area contributed by atoms with Crippen molar-refractivity contribution in [3.05, 3.63) is 12.2 Å². The van der Waals surface area contributed by atoms with Gasteiger partial charge in [0.2, 0.25) is 0 Å². The van der Waals surface area contributed by atoms with Crippen LogP contribution in [0.4, 0.5) is 0 Å². The number of quaternary nitrogens is 1. The molecule has 0 aliphatic carbocycles. The monoisotopic (exact) mass is 817 g/mol. The summed E-state index contributed by atoms with van der Waals surface area (Å²) in [6.07, 6.45) is 41.2. The zero-order valence-corrected chi connectivity index (χ0v) is 38.3. The third-order valence-corrected chi connectivity index (χ3v) is 11.3. The van der Waals surface area contributed by atoms with Crippen LogP contribution in [0, 0.1) is 0 Å². The fraction of sp³-hybridized carbons (Fsp3) is 0.913. The highest BCUT2D eigenvalue weighted by molar-refractivity contribution is 7.47. The summed E-state index contributed by atoms with van der Waals surface area (Å²) >= 11 is 0. The Balaban J connectivity index is 4.26. The lowest BCUT2D eigenvalue weighted by atomic mass is 10.0. The van der Waals surface area contributed by atoms with Crippen LogP contribution in [-0.4, -0.2) is 74.9 Å². The van der Waals surface area contributed by atoms with E-state index in [1.54, 1.807) is 0 Å². The second kappa shape index (κ2) is 39.2. The lowest BCUT2D eigenvalue weighted by Crippen LogP contribution is -2.37. The van der Waals surface area contributed by atoms with E-state index in [2.05, 4.69) is 26.0 Å².